The minimum Gasteiger partial charge on any atom is -0.469 e. The number of allylic oxidation sites excluding steroid dienone is 1. The number of carbonyl (C=O) groups excluding carboxylic acids is 4. The van der Waals surface area contributed by atoms with Crippen molar-refractivity contribution < 1.29 is 47.6 Å². The van der Waals surface area contributed by atoms with Crippen LogP contribution in [0.2, 0.25) is 0 Å². The van der Waals surface area contributed by atoms with E-state index in [1.54, 1.807) is 37.3 Å². The van der Waals surface area contributed by atoms with Crippen LogP contribution in [0.1, 0.15) is 65.2 Å². The summed E-state index contributed by atoms with van der Waals surface area (Å²) in [5.41, 5.74) is -2.38. The van der Waals surface area contributed by atoms with E-state index < -0.39 is 42.1 Å². The van der Waals surface area contributed by atoms with Gasteiger partial charge in [0, 0.05) is 19.0 Å². The maximum atomic E-state index is 15.8. The van der Waals surface area contributed by atoms with Crippen LogP contribution in [0.4, 0.5) is 4.39 Å². The van der Waals surface area contributed by atoms with Crippen molar-refractivity contribution in [1.29, 1.82) is 0 Å². The predicted octanol–water partition coefficient (Wildman–Crippen LogP) is 3.65. The van der Waals surface area contributed by atoms with Gasteiger partial charge in [-0.15, -0.1) is 0 Å². The zero-order chi connectivity index (χ0) is 30.0. The molecule has 11 heteroatoms. The lowest BCUT2D eigenvalue weighted by Gasteiger charge is -2.31. The molecule has 1 fully saturated rings. The molecule has 0 saturated carbocycles. The number of esters is 2. The minimum absolute atomic E-state index is 0.104. The highest BCUT2D eigenvalue weighted by Crippen LogP contribution is 2.37. The molecule has 6 atom stereocenters. The Morgan fingerprint density at radius 3 is 2.51 bits per heavy atom. The largest absolute Gasteiger partial charge is 0.469 e. The number of ether oxygens (including phenoxy) is 4. The van der Waals surface area contributed by atoms with Crippen LogP contribution in [-0.2, 0) is 33.4 Å². The van der Waals surface area contributed by atoms with Crippen LogP contribution in [0, 0.1) is 5.92 Å². The van der Waals surface area contributed by atoms with Gasteiger partial charge in [0.25, 0.3) is 0 Å². The fourth-order valence-corrected chi connectivity index (χ4v) is 4.84. The van der Waals surface area contributed by atoms with Gasteiger partial charge in [-0.2, -0.15) is 0 Å². The molecule has 41 heavy (non-hydrogen) atoms. The summed E-state index contributed by atoms with van der Waals surface area (Å²) < 4.78 is 37.7. The van der Waals surface area contributed by atoms with Crippen molar-refractivity contribution in [2.24, 2.45) is 5.92 Å². The van der Waals surface area contributed by atoms with E-state index in [9.17, 15) is 24.3 Å². The van der Waals surface area contributed by atoms with Crippen LogP contribution in [0.5, 0.6) is 5.75 Å². The fourth-order valence-electron chi connectivity index (χ4n) is 4.84. The number of alkyl halides is 1. The zero-order valence-electron chi connectivity index (χ0n) is 23.8. The van der Waals surface area contributed by atoms with Gasteiger partial charge in [0.15, 0.2) is 23.8 Å². The monoisotopic (exact) mass is 577 g/mol. The molecule has 6 unspecified atom stereocenters. The van der Waals surface area contributed by atoms with E-state index >= 15 is 4.39 Å². The third-order valence-electron chi connectivity index (χ3n) is 7.39. The molecular weight excluding hydrogens is 537 g/mol. The molecule has 1 amide bonds. The third-order valence-corrected chi connectivity index (χ3v) is 7.39. The maximum Gasteiger partial charge on any atom is 0.340 e. The second-order valence-corrected chi connectivity index (χ2v) is 10.7. The van der Waals surface area contributed by atoms with E-state index in [1.165, 1.54) is 19.4 Å². The topological polar surface area (TPSA) is 129 Å². The summed E-state index contributed by atoms with van der Waals surface area (Å²) in [4.78, 5) is 50.5. The molecule has 226 valence electrons. The van der Waals surface area contributed by atoms with Crippen molar-refractivity contribution in [2.75, 3.05) is 13.7 Å². The van der Waals surface area contributed by atoms with Crippen LogP contribution in [-0.4, -0.2) is 77.6 Å². The zero-order valence-corrected chi connectivity index (χ0v) is 23.8. The van der Waals surface area contributed by atoms with E-state index in [2.05, 4.69) is 0 Å². The molecule has 1 aromatic rings. The number of para-hydroxylation sites is 1. The third kappa shape index (κ3) is 8.92. The van der Waals surface area contributed by atoms with Crippen molar-refractivity contribution in [3.05, 3.63) is 42.6 Å². The number of methoxy groups -OCH3 is 1. The molecule has 1 aromatic carbocycles. The summed E-state index contributed by atoms with van der Waals surface area (Å²) in [6.07, 6.45) is 0.341. The molecule has 10 nitrogen and oxygen atoms in total. The van der Waals surface area contributed by atoms with Gasteiger partial charge in [-0.1, -0.05) is 38.0 Å². The lowest BCUT2D eigenvalue weighted by molar-refractivity contribution is -0.156. The van der Waals surface area contributed by atoms with Gasteiger partial charge in [0.05, 0.1) is 19.6 Å². The van der Waals surface area contributed by atoms with Crippen molar-refractivity contribution >= 4 is 23.6 Å². The molecule has 1 saturated heterocycles. The number of rotatable bonds is 12. The fraction of sp³-hybridized carbons (Fsp3) is 0.600. The minimum atomic E-state index is -2.38. The number of nitrogens with zero attached hydrogens (tertiary/aromatic N) is 1. The Kier molecular flexibility index (Phi) is 12.0. The van der Waals surface area contributed by atoms with Crippen molar-refractivity contribution in [3.63, 3.8) is 0 Å². The van der Waals surface area contributed by atoms with Gasteiger partial charge < -0.3 is 24.1 Å². The number of aliphatic hydroxyl groups is 1. The summed E-state index contributed by atoms with van der Waals surface area (Å²) in [5, 5.41) is 10.8. The molecule has 0 bridgehead atoms. The predicted molar refractivity (Wildman–Crippen MR) is 145 cm³/mol. The van der Waals surface area contributed by atoms with Crippen LogP contribution < -0.4 is 4.74 Å². The van der Waals surface area contributed by atoms with E-state index in [4.69, 9.17) is 18.9 Å². The summed E-state index contributed by atoms with van der Waals surface area (Å²) in [6, 6.07) is 8.45. The molecule has 0 aromatic heterocycles. The van der Waals surface area contributed by atoms with Gasteiger partial charge in [-0.05, 0) is 50.8 Å². The highest BCUT2D eigenvalue weighted by molar-refractivity contribution is 5.90. The Hall–Kier alpha value is -3.15. The number of amides is 1. The van der Waals surface area contributed by atoms with E-state index in [-0.39, 0.29) is 43.5 Å². The van der Waals surface area contributed by atoms with Crippen LogP contribution in [0.25, 0.3) is 0 Å². The van der Waals surface area contributed by atoms with Gasteiger partial charge in [0.1, 0.15) is 18.0 Å². The molecule has 2 heterocycles. The normalized spacial score (nSPS) is 26.6. The lowest BCUT2D eigenvalue weighted by atomic mass is 9.97. The van der Waals surface area contributed by atoms with Crippen molar-refractivity contribution in [1.82, 2.24) is 4.90 Å². The highest BCUT2D eigenvalue weighted by Gasteiger charge is 2.57. The standard InChI is InChI=1S/C30H40FNO9/c1-20(27(36)38-3)11-7-9-15-23(28(37)40-22-13-5-4-6-14-22)39-19-24-26(35)30(2,31)29(41-24)32-18-17-21(33)12-8-10-16-25(32)34/h4-6,13-14,17-18,20,23-24,26,29,35H,7-12,15-16,19H2,1-3H3. The first-order valence-corrected chi connectivity index (χ1v) is 14.1. The van der Waals surface area contributed by atoms with E-state index in [0.717, 1.165) is 11.8 Å². The number of carbonyl (C=O) groups is 4. The Morgan fingerprint density at radius 1 is 1.12 bits per heavy atom. The SMILES string of the molecule is COC(=O)C(C)CCCCC(OCC1OC(N2C=CC(=O)CCCCC2=O)C(C)(F)C1O)C(=O)Oc1ccccc1. The van der Waals surface area contributed by atoms with Gasteiger partial charge >= 0.3 is 11.9 Å². The summed E-state index contributed by atoms with van der Waals surface area (Å²) in [7, 11) is 1.33. The highest BCUT2D eigenvalue weighted by atomic mass is 19.1. The van der Waals surface area contributed by atoms with Gasteiger partial charge in [-0.3, -0.25) is 19.3 Å². The van der Waals surface area contributed by atoms with Crippen LogP contribution in [0.15, 0.2) is 42.6 Å². The van der Waals surface area contributed by atoms with Crippen LogP contribution in [0.3, 0.4) is 0 Å². The summed E-state index contributed by atoms with van der Waals surface area (Å²) in [5.74, 6) is -1.57. The Bertz CT molecular complexity index is 1080. The molecule has 1 N–H and O–H groups in total. The molecular formula is C30H40FNO9. The molecule has 0 spiro atoms. The first kappa shape index (κ1) is 32.4. The molecule has 0 aliphatic carbocycles. The smallest absolute Gasteiger partial charge is 0.340 e. The average Bonchev–Trinajstić information content (AvgIpc) is 3.22. The van der Waals surface area contributed by atoms with E-state index in [0.29, 0.717) is 37.9 Å². The summed E-state index contributed by atoms with van der Waals surface area (Å²) >= 11 is 0. The molecule has 0 radical (unpaired) electrons. The molecule has 2 aliphatic rings. The molecule has 3 rings (SSSR count). The Balaban J connectivity index is 1.68. The summed E-state index contributed by atoms with van der Waals surface area (Å²) in [6.45, 7) is 2.53. The second kappa shape index (κ2) is 15.2. The second-order valence-electron chi connectivity index (χ2n) is 10.7. The van der Waals surface area contributed by atoms with Crippen molar-refractivity contribution in [3.8, 4) is 5.75 Å². The number of aliphatic hydroxyl groups excluding tert-OH is 1. The lowest BCUT2D eigenvalue weighted by Crippen LogP contribution is -2.50. The average molecular weight is 578 g/mol. The first-order valence-electron chi connectivity index (χ1n) is 14.1. The quantitative estimate of drug-likeness (QED) is 0.225. The Labute approximate surface area is 239 Å². The number of hydrogen-bond donors (Lipinski definition) is 1. The number of ketones is 1. The number of benzene rings is 1. The van der Waals surface area contributed by atoms with Crippen LogP contribution >= 0.6 is 0 Å². The maximum absolute atomic E-state index is 15.8. The van der Waals surface area contributed by atoms with Gasteiger partial charge in [-0.25, -0.2) is 9.18 Å². The van der Waals surface area contributed by atoms with Gasteiger partial charge in [0.2, 0.25) is 5.91 Å². The van der Waals surface area contributed by atoms with Crippen molar-refractivity contribution in [2.45, 2.75) is 95.4 Å². The number of halogens is 1. The number of unbranched alkanes of at least 4 members (excludes halogenated alkanes) is 1. The first-order chi connectivity index (χ1) is 19.5. The van der Waals surface area contributed by atoms with E-state index in [1.807, 2.05) is 0 Å². The molecule has 2 aliphatic heterocycles. The Morgan fingerprint density at radius 2 is 1.80 bits per heavy atom. The number of hydrogen-bond acceptors (Lipinski definition) is 9.